The summed E-state index contributed by atoms with van der Waals surface area (Å²) in [5.41, 5.74) is -0.796. The van der Waals surface area contributed by atoms with Crippen LogP contribution in [0.2, 0.25) is 10.0 Å². The number of benzene rings is 2. The molecule has 138 valence electrons. The zero-order valence-corrected chi connectivity index (χ0v) is 14.7. The van der Waals surface area contributed by atoms with Gasteiger partial charge in [0.1, 0.15) is 0 Å². The zero-order chi connectivity index (χ0) is 19.5. The number of carbonyl (C=O) groups excluding carboxylic acids is 2. The molecule has 9 heteroatoms. The van der Waals surface area contributed by atoms with Gasteiger partial charge in [0.05, 0.1) is 21.2 Å². The summed E-state index contributed by atoms with van der Waals surface area (Å²) in [5.74, 6) is -1.61. The van der Waals surface area contributed by atoms with Crippen molar-refractivity contribution in [1.82, 2.24) is 0 Å². The molecule has 0 unspecified atom stereocenters. The van der Waals surface area contributed by atoms with Crippen LogP contribution in [0.3, 0.4) is 0 Å². The summed E-state index contributed by atoms with van der Waals surface area (Å²) >= 11 is 11.8. The molecule has 0 radical (unpaired) electrons. The molecule has 2 aromatic rings. The van der Waals surface area contributed by atoms with Crippen LogP contribution in [0.5, 0.6) is 0 Å². The number of esters is 1. The van der Waals surface area contributed by atoms with Crippen LogP contribution >= 0.6 is 23.2 Å². The lowest BCUT2D eigenvalue weighted by Gasteiger charge is -2.15. The van der Waals surface area contributed by atoms with Gasteiger partial charge in [0, 0.05) is 5.69 Å². The minimum atomic E-state index is -4.47. The first-order valence-corrected chi connectivity index (χ1v) is 7.98. The number of alkyl halides is 3. The van der Waals surface area contributed by atoms with Gasteiger partial charge in [-0.2, -0.15) is 13.2 Å². The second-order valence-corrected chi connectivity index (χ2v) is 6.02. The molecule has 0 spiro atoms. The summed E-state index contributed by atoms with van der Waals surface area (Å²) in [6.07, 6.45) is -5.70. The predicted molar refractivity (Wildman–Crippen MR) is 91.4 cm³/mol. The molecule has 0 aliphatic rings. The minimum Gasteiger partial charge on any atom is -0.449 e. The van der Waals surface area contributed by atoms with Gasteiger partial charge in [0.25, 0.3) is 5.91 Å². The smallest absolute Gasteiger partial charge is 0.416 e. The average Bonchev–Trinajstić information content (AvgIpc) is 2.54. The minimum absolute atomic E-state index is 0.0675. The van der Waals surface area contributed by atoms with Crippen molar-refractivity contribution in [3.8, 4) is 0 Å². The summed E-state index contributed by atoms with van der Waals surface area (Å²) in [6, 6.07) is 8.28. The van der Waals surface area contributed by atoms with Crippen molar-refractivity contribution in [2.24, 2.45) is 0 Å². The molecule has 1 N–H and O–H groups in total. The maximum absolute atomic E-state index is 12.5. The van der Waals surface area contributed by atoms with Crippen LogP contribution in [-0.2, 0) is 15.7 Å². The van der Waals surface area contributed by atoms with Crippen LogP contribution in [0, 0.1) is 0 Å². The Labute approximate surface area is 156 Å². The highest BCUT2D eigenvalue weighted by Gasteiger charge is 2.30. The molecule has 26 heavy (non-hydrogen) atoms. The third-order valence-electron chi connectivity index (χ3n) is 3.30. The van der Waals surface area contributed by atoms with Crippen molar-refractivity contribution in [1.29, 1.82) is 0 Å². The molecule has 0 saturated heterocycles. The lowest BCUT2D eigenvalue weighted by Crippen LogP contribution is -2.30. The number of rotatable bonds is 4. The van der Waals surface area contributed by atoms with Gasteiger partial charge in [-0.05, 0) is 43.3 Å². The Morgan fingerprint density at radius 2 is 1.58 bits per heavy atom. The molecule has 2 rings (SSSR count). The van der Waals surface area contributed by atoms with Crippen LogP contribution in [0.15, 0.2) is 42.5 Å². The first kappa shape index (κ1) is 20.1. The van der Waals surface area contributed by atoms with Crippen LogP contribution in [0.4, 0.5) is 18.9 Å². The fourth-order valence-corrected chi connectivity index (χ4v) is 2.50. The van der Waals surface area contributed by atoms with Gasteiger partial charge in [0.15, 0.2) is 6.10 Å². The van der Waals surface area contributed by atoms with Gasteiger partial charge >= 0.3 is 12.1 Å². The highest BCUT2D eigenvalue weighted by atomic mass is 35.5. The van der Waals surface area contributed by atoms with E-state index < -0.39 is 29.7 Å². The Hall–Kier alpha value is -2.25. The molecular formula is C17H12Cl2F3NO3. The monoisotopic (exact) mass is 405 g/mol. The SMILES string of the molecule is C[C@H](OC(=O)c1c(Cl)cccc1Cl)C(=O)Nc1ccc(C(F)(F)F)cc1. The van der Waals surface area contributed by atoms with E-state index in [1.165, 1.54) is 19.1 Å². The summed E-state index contributed by atoms with van der Waals surface area (Å²) in [6.45, 7) is 1.31. The Kier molecular flexibility index (Phi) is 6.15. The molecule has 0 aromatic heterocycles. The molecule has 1 atom stereocenters. The topological polar surface area (TPSA) is 55.4 Å². The summed E-state index contributed by atoms with van der Waals surface area (Å²) < 4.78 is 42.6. The fraction of sp³-hybridized carbons (Fsp3) is 0.176. The van der Waals surface area contributed by atoms with E-state index in [1.807, 2.05) is 0 Å². The zero-order valence-electron chi connectivity index (χ0n) is 13.2. The van der Waals surface area contributed by atoms with Crippen LogP contribution in [0.1, 0.15) is 22.8 Å². The quantitative estimate of drug-likeness (QED) is 0.711. The number of halogens is 5. The Morgan fingerprint density at radius 1 is 1.04 bits per heavy atom. The number of anilines is 1. The summed E-state index contributed by atoms with van der Waals surface area (Å²) in [5, 5.41) is 2.49. The third kappa shape index (κ3) is 4.89. The number of amides is 1. The molecule has 4 nitrogen and oxygen atoms in total. The Bertz CT molecular complexity index is 803. The Morgan fingerprint density at radius 3 is 2.08 bits per heavy atom. The van der Waals surface area contributed by atoms with Crippen LogP contribution in [-0.4, -0.2) is 18.0 Å². The molecule has 0 saturated carbocycles. The molecule has 1 amide bonds. The highest BCUT2D eigenvalue weighted by molar-refractivity contribution is 6.39. The second-order valence-electron chi connectivity index (χ2n) is 5.21. The number of hydrogen-bond acceptors (Lipinski definition) is 3. The lowest BCUT2D eigenvalue weighted by atomic mass is 10.2. The fourth-order valence-electron chi connectivity index (χ4n) is 1.95. The molecule has 0 aliphatic carbocycles. The summed E-state index contributed by atoms with van der Waals surface area (Å²) in [4.78, 5) is 24.2. The molecule has 0 heterocycles. The van der Waals surface area contributed by atoms with Gasteiger partial charge in [0.2, 0.25) is 0 Å². The van der Waals surface area contributed by atoms with Gasteiger partial charge in [-0.25, -0.2) is 4.79 Å². The van der Waals surface area contributed by atoms with Crippen LogP contribution in [0.25, 0.3) is 0 Å². The van der Waals surface area contributed by atoms with Crippen molar-refractivity contribution in [3.05, 3.63) is 63.6 Å². The molecule has 0 bridgehead atoms. The van der Waals surface area contributed by atoms with E-state index in [1.54, 1.807) is 6.07 Å². The van der Waals surface area contributed by atoms with Gasteiger partial charge in [-0.1, -0.05) is 29.3 Å². The van der Waals surface area contributed by atoms with E-state index in [4.69, 9.17) is 27.9 Å². The van der Waals surface area contributed by atoms with Gasteiger partial charge in [-0.3, -0.25) is 4.79 Å². The standard InChI is InChI=1S/C17H12Cl2F3NO3/c1-9(26-16(25)14-12(18)3-2-4-13(14)19)15(24)23-11-7-5-10(6-8-11)17(20,21)22/h2-9H,1H3,(H,23,24)/t9-/m0/s1. The Balaban J connectivity index is 2.02. The summed E-state index contributed by atoms with van der Waals surface area (Å²) in [7, 11) is 0. The first-order valence-electron chi connectivity index (χ1n) is 7.22. The molecule has 0 aliphatic heterocycles. The maximum Gasteiger partial charge on any atom is 0.416 e. The van der Waals surface area contributed by atoms with Crippen molar-refractivity contribution in [3.63, 3.8) is 0 Å². The van der Waals surface area contributed by atoms with E-state index in [2.05, 4.69) is 5.32 Å². The highest BCUT2D eigenvalue weighted by Crippen LogP contribution is 2.30. The molecule has 2 aromatic carbocycles. The van der Waals surface area contributed by atoms with E-state index in [-0.39, 0.29) is 21.3 Å². The third-order valence-corrected chi connectivity index (χ3v) is 3.93. The number of ether oxygens (including phenoxy) is 1. The van der Waals surface area contributed by atoms with Crippen molar-refractivity contribution < 1.29 is 27.5 Å². The number of carbonyl (C=O) groups is 2. The van der Waals surface area contributed by atoms with Gasteiger partial charge in [-0.15, -0.1) is 0 Å². The molecule has 0 fully saturated rings. The van der Waals surface area contributed by atoms with Crippen molar-refractivity contribution in [2.45, 2.75) is 19.2 Å². The van der Waals surface area contributed by atoms with Crippen LogP contribution < -0.4 is 5.32 Å². The van der Waals surface area contributed by atoms with Crippen molar-refractivity contribution in [2.75, 3.05) is 5.32 Å². The average molecular weight is 406 g/mol. The van der Waals surface area contributed by atoms with E-state index in [0.29, 0.717) is 0 Å². The second kappa shape index (κ2) is 7.97. The molecular weight excluding hydrogens is 394 g/mol. The number of hydrogen-bond donors (Lipinski definition) is 1. The first-order chi connectivity index (χ1) is 12.1. The van der Waals surface area contributed by atoms with E-state index >= 15 is 0 Å². The normalized spacial score (nSPS) is 12.4. The van der Waals surface area contributed by atoms with E-state index in [0.717, 1.165) is 24.3 Å². The lowest BCUT2D eigenvalue weighted by molar-refractivity contribution is -0.137. The maximum atomic E-state index is 12.5. The van der Waals surface area contributed by atoms with Gasteiger partial charge < -0.3 is 10.1 Å². The largest absolute Gasteiger partial charge is 0.449 e. The number of nitrogens with one attached hydrogen (secondary N) is 1. The predicted octanol–water partition coefficient (Wildman–Crippen LogP) is 5.20. The van der Waals surface area contributed by atoms with E-state index in [9.17, 15) is 22.8 Å². The van der Waals surface area contributed by atoms with Crippen molar-refractivity contribution >= 4 is 40.8 Å².